The van der Waals surface area contributed by atoms with Crippen LogP contribution in [0.5, 0.6) is 5.75 Å². The lowest BCUT2D eigenvalue weighted by atomic mass is 9.96. The molecule has 9 nitrogen and oxygen atoms in total. The SMILES string of the molecule is CC(C)c1cc(OCCCC(=O)O)cc2c1C(=O)N(COC(=O)c1c(Cl)cccc1Cl)S2(=O)=O. The Labute approximate surface area is 206 Å². The van der Waals surface area contributed by atoms with E-state index in [4.69, 9.17) is 37.8 Å². The molecule has 1 aliphatic heterocycles. The molecule has 1 N–H and O–H groups in total. The highest BCUT2D eigenvalue weighted by molar-refractivity contribution is 7.90. The molecule has 34 heavy (non-hydrogen) atoms. The summed E-state index contributed by atoms with van der Waals surface area (Å²) in [5.74, 6) is -2.85. The Morgan fingerprint density at radius 2 is 1.79 bits per heavy atom. The molecular weight excluding hydrogens is 509 g/mol. The zero-order valence-corrected chi connectivity index (χ0v) is 20.5. The van der Waals surface area contributed by atoms with Gasteiger partial charge in [-0.2, -0.15) is 4.31 Å². The summed E-state index contributed by atoms with van der Waals surface area (Å²) in [5.41, 5.74) is 0.259. The molecule has 0 saturated heterocycles. The quantitative estimate of drug-likeness (QED) is 0.375. The van der Waals surface area contributed by atoms with Crippen molar-refractivity contribution in [1.82, 2.24) is 4.31 Å². The fourth-order valence-electron chi connectivity index (χ4n) is 3.36. The molecule has 3 rings (SSSR count). The topological polar surface area (TPSA) is 127 Å². The number of fused-ring (bicyclic) bond motifs is 1. The maximum Gasteiger partial charge on any atom is 0.342 e. The lowest BCUT2D eigenvalue weighted by Crippen LogP contribution is -2.33. The maximum absolute atomic E-state index is 13.2. The summed E-state index contributed by atoms with van der Waals surface area (Å²) in [4.78, 5) is 35.9. The predicted molar refractivity (Wildman–Crippen MR) is 123 cm³/mol. The molecule has 0 spiro atoms. The molecule has 0 radical (unpaired) electrons. The van der Waals surface area contributed by atoms with E-state index in [9.17, 15) is 22.8 Å². The van der Waals surface area contributed by atoms with Crippen LogP contribution in [0.3, 0.4) is 0 Å². The van der Waals surface area contributed by atoms with E-state index in [1.165, 1.54) is 24.3 Å². The van der Waals surface area contributed by atoms with Crippen molar-refractivity contribution in [2.24, 2.45) is 0 Å². The number of benzene rings is 2. The number of hydrogen-bond donors (Lipinski definition) is 1. The van der Waals surface area contributed by atoms with Crippen LogP contribution in [0.15, 0.2) is 35.2 Å². The average Bonchev–Trinajstić information content (AvgIpc) is 2.94. The van der Waals surface area contributed by atoms with E-state index in [-0.39, 0.29) is 57.2 Å². The third kappa shape index (κ3) is 5.13. The van der Waals surface area contributed by atoms with Gasteiger partial charge in [0.05, 0.1) is 27.8 Å². The van der Waals surface area contributed by atoms with E-state index in [1.807, 2.05) is 0 Å². The summed E-state index contributed by atoms with van der Waals surface area (Å²) in [6, 6.07) is 7.13. The van der Waals surface area contributed by atoms with Gasteiger partial charge in [-0.1, -0.05) is 43.1 Å². The number of carboxylic acids is 1. The lowest BCUT2D eigenvalue weighted by molar-refractivity contribution is -0.137. The van der Waals surface area contributed by atoms with E-state index in [2.05, 4.69) is 0 Å². The minimum atomic E-state index is -4.35. The Morgan fingerprint density at radius 3 is 2.38 bits per heavy atom. The zero-order chi connectivity index (χ0) is 25.2. The fraction of sp³-hybridized carbons (Fsp3) is 0.318. The van der Waals surface area contributed by atoms with Crippen molar-refractivity contribution < 1.29 is 37.4 Å². The molecule has 2 aromatic carbocycles. The first-order chi connectivity index (χ1) is 15.9. The normalized spacial score (nSPS) is 14.3. The smallest absolute Gasteiger partial charge is 0.342 e. The second-order valence-electron chi connectivity index (χ2n) is 7.70. The zero-order valence-electron chi connectivity index (χ0n) is 18.2. The number of sulfonamides is 1. The molecule has 0 fully saturated rings. The summed E-state index contributed by atoms with van der Waals surface area (Å²) in [5, 5.41) is 8.78. The van der Waals surface area contributed by atoms with Crippen molar-refractivity contribution in [2.45, 2.75) is 37.5 Å². The van der Waals surface area contributed by atoms with Crippen LogP contribution in [0.4, 0.5) is 0 Å². The van der Waals surface area contributed by atoms with Gasteiger partial charge < -0.3 is 14.6 Å². The molecule has 0 aliphatic carbocycles. The lowest BCUT2D eigenvalue weighted by Gasteiger charge is -2.16. The Kier molecular flexibility index (Phi) is 7.74. The number of carbonyl (C=O) groups excluding carboxylic acids is 2. The second kappa shape index (κ2) is 10.2. The summed E-state index contributed by atoms with van der Waals surface area (Å²) >= 11 is 12.0. The third-order valence-electron chi connectivity index (χ3n) is 5.02. The van der Waals surface area contributed by atoms with Crippen molar-refractivity contribution >= 4 is 51.1 Å². The average molecular weight is 530 g/mol. The van der Waals surface area contributed by atoms with Gasteiger partial charge in [0.15, 0.2) is 6.73 Å². The van der Waals surface area contributed by atoms with Crippen LogP contribution in [0.2, 0.25) is 10.0 Å². The Bertz CT molecular complexity index is 1240. The Morgan fingerprint density at radius 1 is 1.15 bits per heavy atom. The molecule has 0 bridgehead atoms. The van der Waals surface area contributed by atoms with Gasteiger partial charge in [0, 0.05) is 12.5 Å². The van der Waals surface area contributed by atoms with Gasteiger partial charge >= 0.3 is 11.9 Å². The number of amides is 1. The van der Waals surface area contributed by atoms with Crippen LogP contribution in [0.25, 0.3) is 0 Å². The first kappa shape index (κ1) is 25.8. The Hall–Kier alpha value is -2.82. The Balaban J connectivity index is 1.87. The second-order valence-corrected chi connectivity index (χ2v) is 10.3. The van der Waals surface area contributed by atoms with Crippen molar-refractivity contribution in [1.29, 1.82) is 0 Å². The van der Waals surface area contributed by atoms with E-state index in [1.54, 1.807) is 19.9 Å². The number of aliphatic carboxylic acids is 1. The molecule has 0 aromatic heterocycles. The third-order valence-corrected chi connectivity index (χ3v) is 7.38. The minimum Gasteiger partial charge on any atom is -0.494 e. The van der Waals surface area contributed by atoms with Gasteiger partial charge in [0.1, 0.15) is 10.6 Å². The number of hydrogen-bond acceptors (Lipinski definition) is 7. The van der Waals surface area contributed by atoms with Gasteiger partial charge in [-0.3, -0.25) is 9.59 Å². The predicted octanol–water partition coefficient (Wildman–Crippen LogP) is 4.32. The molecule has 12 heteroatoms. The van der Waals surface area contributed by atoms with Gasteiger partial charge in [-0.15, -0.1) is 0 Å². The fourth-order valence-corrected chi connectivity index (χ4v) is 5.38. The summed E-state index contributed by atoms with van der Waals surface area (Å²) in [7, 11) is -4.35. The first-order valence-electron chi connectivity index (χ1n) is 10.2. The number of carbonyl (C=O) groups is 3. The monoisotopic (exact) mass is 529 g/mol. The molecule has 182 valence electrons. The minimum absolute atomic E-state index is 0.0168. The van der Waals surface area contributed by atoms with Gasteiger partial charge in [-0.25, -0.2) is 13.2 Å². The summed E-state index contributed by atoms with van der Waals surface area (Å²) in [6.07, 6.45) is 0.120. The van der Waals surface area contributed by atoms with Crippen molar-refractivity contribution in [3.8, 4) is 5.75 Å². The van der Waals surface area contributed by atoms with E-state index >= 15 is 0 Å². The highest BCUT2D eigenvalue weighted by atomic mass is 35.5. The van der Waals surface area contributed by atoms with Crippen molar-refractivity contribution in [2.75, 3.05) is 13.3 Å². The van der Waals surface area contributed by atoms with Crippen LogP contribution in [-0.4, -0.2) is 49.0 Å². The number of rotatable bonds is 9. The molecule has 1 aliphatic rings. The van der Waals surface area contributed by atoms with Crippen molar-refractivity contribution in [3.05, 3.63) is 57.1 Å². The van der Waals surface area contributed by atoms with Crippen LogP contribution in [0, 0.1) is 0 Å². The van der Waals surface area contributed by atoms with Crippen LogP contribution in [-0.2, 0) is 19.6 Å². The molecule has 2 aromatic rings. The van der Waals surface area contributed by atoms with Gasteiger partial charge in [0.25, 0.3) is 15.9 Å². The largest absolute Gasteiger partial charge is 0.494 e. The highest BCUT2D eigenvalue weighted by Gasteiger charge is 2.44. The highest BCUT2D eigenvalue weighted by Crippen LogP contribution is 2.39. The molecule has 0 saturated carbocycles. The maximum atomic E-state index is 13.2. The van der Waals surface area contributed by atoms with E-state index in [0.29, 0.717) is 9.87 Å². The molecule has 0 unspecified atom stereocenters. The van der Waals surface area contributed by atoms with E-state index in [0.717, 1.165) is 0 Å². The number of nitrogens with zero attached hydrogens (tertiary/aromatic N) is 1. The number of ether oxygens (including phenoxy) is 2. The summed E-state index contributed by atoms with van der Waals surface area (Å²) in [6.45, 7) is 2.75. The number of carboxylic acid groups (broad SMARTS) is 1. The first-order valence-corrected chi connectivity index (χ1v) is 12.4. The van der Waals surface area contributed by atoms with Crippen molar-refractivity contribution in [3.63, 3.8) is 0 Å². The van der Waals surface area contributed by atoms with Gasteiger partial charge in [0.2, 0.25) is 0 Å². The van der Waals surface area contributed by atoms with Gasteiger partial charge in [-0.05, 0) is 36.1 Å². The number of esters is 1. The molecule has 0 atom stereocenters. The molecule has 1 amide bonds. The van der Waals surface area contributed by atoms with Crippen LogP contribution < -0.4 is 4.74 Å². The number of halogens is 2. The van der Waals surface area contributed by atoms with E-state index < -0.39 is 34.6 Å². The van der Waals surface area contributed by atoms with Crippen LogP contribution >= 0.6 is 23.2 Å². The summed E-state index contributed by atoms with van der Waals surface area (Å²) < 4.78 is 37.4. The standard InChI is InChI=1S/C22H21Cl2NO8S/c1-12(2)14-9-13(32-8-4-7-18(26)27)10-17-19(14)21(28)25(34(17,30)31)11-33-22(29)20-15(23)5-3-6-16(20)24/h3,5-6,9-10,12H,4,7-8,11H2,1-2H3,(H,26,27). The molecule has 1 heterocycles. The van der Waals surface area contributed by atoms with Crippen LogP contribution in [0.1, 0.15) is 58.9 Å². The molecular formula is C22H21Cl2NO8S.